The summed E-state index contributed by atoms with van der Waals surface area (Å²) in [6.07, 6.45) is 2.51. The van der Waals surface area contributed by atoms with Crippen molar-refractivity contribution in [3.05, 3.63) is 53.7 Å². The van der Waals surface area contributed by atoms with Gasteiger partial charge in [0.25, 0.3) is 5.91 Å². The first-order chi connectivity index (χ1) is 15.6. The summed E-state index contributed by atoms with van der Waals surface area (Å²) in [4.78, 5) is 17.7. The Morgan fingerprint density at radius 1 is 1.06 bits per heavy atom. The van der Waals surface area contributed by atoms with Crippen molar-refractivity contribution >= 4 is 22.5 Å². The lowest BCUT2D eigenvalue weighted by molar-refractivity contribution is 0.0998. The fourth-order valence-corrected chi connectivity index (χ4v) is 4.95. The van der Waals surface area contributed by atoms with Gasteiger partial charge in [-0.25, -0.2) is 0 Å². The zero-order valence-corrected chi connectivity index (χ0v) is 19.1. The summed E-state index contributed by atoms with van der Waals surface area (Å²) in [6, 6.07) is 13.8. The Bertz CT molecular complexity index is 1140. The van der Waals surface area contributed by atoms with E-state index in [2.05, 4.69) is 22.5 Å². The summed E-state index contributed by atoms with van der Waals surface area (Å²) in [7, 11) is 3.68. The molecule has 0 unspecified atom stereocenters. The van der Waals surface area contributed by atoms with Crippen molar-refractivity contribution in [2.45, 2.75) is 26.3 Å². The number of benzene rings is 2. The summed E-state index contributed by atoms with van der Waals surface area (Å²) in [6.45, 7) is 6.65. The molecule has 1 amide bonds. The third-order valence-corrected chi connectivity index (χ3v) is 7.00. The van der Waals surface area contributed by atoms with Gasteiger partial charge in [0.05, 0.1) is 24.9 Å². The number of ether oxygens (including phenoxy) is 2. The second kappa shape index (κ2) is 8.51. The molecule has 0 spiro atoms. The number of aryl methyl sites for hydroxylation is 1. The minimum Gasteiger partial charge on any atom is -0.493 e. The number of nitrogens with zero attached hydrogens (tertiary/aromatic N) is 3. The van der Waals surface area contributed by atoms with E-state index in [1.54, 1.807) is 7.11 Å². The van der Waals surface area contributed by atoms with Crippen molar-refractivity contribution in [1.29, 1.82) is 0 Å². The molecule has 3 aromatic rings. The quantitative estimate of drug-likeness (QED) is 0.576. The number of hydrogen-bond acceptors (Lipinski definition) is 4. The summed E-state index contributed by atoms with van der Waals surface area (Å²) in [5, 5.41) is 1.01. The molecule has 3 heterocycles. The molecule has 0 N–H and O–H groups in total. The van der Waals surface area contributed by atoms with E-state index in [9.17, 15) is 4.79 Å². The number of piperidine rings is 1. The minimum atomic E-state index is 0.0374. The highest BCUT2D eigenvalue weighted by Crippen LogP contribution is 2.38. The zero-order valence-electron chi connectivity index (χ0n) is 19.1. The third-order valence-electron chi connectivity index (χ3n) is 7.00. The van der Waals surface area contributed by atoms with Gasteiger partial charge >= 0.3 is 0 Å². The van der Waals surface area contributed by atoms with Crippen LogP contribution in [0.2, 0.25) is 0 Å². The SMILES string of the molecule is COc1ccc(N2Cc3c(c4ccccc4n3C)C2=O)cc1OCCN1CCC(C)CC1. The summed E-state index contributed by atoms with van der Waals surface area (Å²) >= 11 is 0. The highest BCUT2D eigenvalue weighted by Gasteiger charge is 2.34. The largest absolute Gasteiger partial charge is 0.493 e. The number of aromatic nitrogens is 1. The maximum atomic E-state index is 13.4. The molecular formula is C26H31N3O3. The van der Waals surface area contributed by atoms with Gasteiger partial charge in [-0.2, -0.15) is 0 Å². The van der Waals surface area contributed by atoms with Gasteiger partial charge in [-0.15, -0.1) is 0 Å². The van der Waals surface area contributed by atoms with Crippen molar-refractivity contribution < 1.29 is 14.3 Å². The van der Waals surface area contributed by atoms with Crippen molar-refractivity contribution in [1.82, 2.24) is 9.47 Å². The van der Waals surface area contributed by atoms with Crippen molar-refractivity contribution in [2.75, 3.05) is 38.3 Å². The van der Waals surface area contributed by atoms with Crippen molar-refractivity contribution in [2.24, 2.45) is 13.0 Å². The molecule has 0 atom stereocenters. The van der Waals surface area contributed by atoms with Gasteiger partial charge in [-0.05, 0) is 50.0 Å². The number of para-hydroxylation sites is 1. The number of amides is 1. The van der Waals surface area contributed by atoms with Crippen LogP contribution in [0.5, 0.6) is 11.5 Å². The zero-order chi connectivity index (χ0) is 22.2. The molecule has 2 aromatic carbocycles. The van der Waals surface area contributed by atoms with Gasteiger partial charge in [-0.1, -0.05) is 25.1 Å². The molecule has 5 rings (SSSR count). The number of carbonyl (C=O) groups excluding carboxylic acids is 1. The fraction of sp³-hybridized carbons (Fsp3) is 0.423. The maximum Gasteiger partial charge on any atom is 0.261 e. The van der Waals surface area contributed by atoms with E-state index in [4.69, 9.17) is 9.47 Å². The van der Waals surface area contributed by atoms with Crippen LogP contribution in [0.3, 0.4) is 0 Å². The standard InChI is InChI=1S/C26H31N3O3/c1-18-10-12-28(13-11-18)14-15-32-24-16-19(8-9-23(24)31-3)29-17-22-25(26(29)30)20-6-4-5-7-21(20)27(22)2/h4-9,16,18H,10-15,17H2,1-3H3. The van der Waals surface area contributed by atoms with Crippen LogP contribution >= 0.6 is 0 Å². The molecule has 1 fully saturated rings. The molecule has 2 aliphatic rings. The Kier molecular flexibility index (Phi) is 5.55. The molecule has 32 heavy (non-hydrogen) atoms. The molecule has 0 aliphatic carbocycles. The van der Waals surface area contributed by atoms with Gasteiger partial charge in [0.15, 0.2) is 11.5 Å². The van der Waals surface area contributed by atoms with E-state index in [1.165, 1.54) is 12.8 Å². The lowest BCUT2D eigenvalue weighted by Gasteiger charge is -2.30. The molecule has 0 bridgehead atoms. The maximum absolute atomic E-state index is 13.4. The van der Waals surface area contributed by atoms with Gasteiger partial charge in [0.2, 0.25) is 0 Å². The predicted octanol–water partition coefficient (Wildman–Crippen LogP) is 4.46. The van der Waals surface area contributed by atoms with Gasteiger partial charge in [-0.3, -0.25) is 9.69 Å². The summed E-state index contributed by atoms with van der Waals surface area (Å²) < 4.78 is 13.8. The average molecular weight is 434 g/mol. The van der Waals surface area contributed by atoms with E-state index in [-0.39, 0.29) is 5.91 Å². The Morgan fingerprint density at radius 2 is 1.84 bits per heavy atom. The monoisotopic (exact) mass is 433 g/mol. The van der Waals surface area contributed by atoms with Gasteiger partial charge in [0, 0.05) is 36.2 Å². The number of hydrogen-bond donors (Lipinski definition) is 0. The molecule has 1 saturated heterocycles. The first-order valence-electron chi connectivity index (χ1n) is 11.5. The topological polar surface area (TPSA) is 46.9 Å². The van der Waals surface area contributed by atoms with Crippen LogP contribution < -0.4 is 14.4 Å². The minimum absolute atomic E-state index is 0.0374. The van der Waals surface area contributed by atoms with Crippen LogP contribution in [0.1, 0.15) is 35.8 Å². The first-order valence-corrected chi connectivity index (χ1v) is 11.5. The molecule has 168 valence electrons. The van der Waals surface area contributed by atoms with E-state index < -0.39 is 0 Å². The summed E-state index contributed by atoms with van der Waals surface area (Å²) in [5.74, 6) is 2.23. The van der Waals surface area contributed by atoms with E-state index in [0.717, 1.165) is 53.4 Å². The van der Waals surface area contributed by atoms with Crippen LogP contribution in [0.15, 0.2) is 42.5 Å². The number of anilines is 1. The van der Waals surface area contributed by atoms with Crippen LogP contribution in [0.25, 0.3) is 10.9 Å². The van der Waals surface area contributed by atoms with Crippen LogP contribution in [0, 0.1) is 5.92 Å². The molecule has 0 saturated carbocycles. The lowest BCUT2D eigenvalue weighted by Crippen LogP contribution is -2.35. The number of rotatable bonds is 6. The number of methoxy groups -OCH3 is 1. The third kappa shape index (κ3) is 3.62. The van der Waals surface area contributed by atoms with E-state index in [1.807, 2.05) is 48.3 Å². The average Bonchev–Trinajstić information content (AvgIpc) is 3.30. The van der Waals surface area contributed by atoms with E-state index in [0.29, 0.717) is 24.7 Å². The first kappa shape index (κ1) is 20.9. The molecule has 2 aliphatic heterocycles. The second-order valence-electron chi connectivity index (χ2n) is 9.00. The normalized spacial score (nSPS) is 17.2. The molecule has 6 nitrogen and oxygen atoms in total. The van der Waals surface area contributed by atoms with Crippen LogP contribution in [-0.2, 0) is 13.6 Å². The Morgan fingerprint density at radius 3 is 2.62 bits per heavy atom. The van der Waals surface area contributed by atoms with Crippen molar-refractivity contribution in [3.8, 4) is 11.5 Å². The van der Waals surface area contributed by atoms with Gasteiger partial charge in [0.1, 0.15) is 6.61 Å². The Hall–Kier alpha value is -2.99. The molecular weight excluding hydrogens is 402 g/mol. The molecule has 0 radical (unpaired) electrons. The summed E-state index contributed by atoms with van der Waals surface area (Å²) in [5.41, 5.74) is 3.78. The Balaban J connectivity index is 1.34. The van der Waals surface area contributed by atoms with E-state index >= 15 is 0 Å². The fourth-order valence-electron chi connectivity index (χ4n) is 4.95. The Labute approximate surface area is 189 Å². The highest BCUT2D eigenvalue weighted by atomic mass is 16.5. The second-order valence-corrected chi connectivity index (χ2v) is 9.00. The predicted molar refractivity (Wildman–Crippen MR) is 127 cm³/mol. The lowest BCUT2D eigenvalue weighted by atomic mass is 9.99. The number of fused-ring (bicyclic) bond motifs is 3. The van der Waals surface area contributed by atoms with Crippen LogP contribution in [-0.4, -0.2) is 48.7 Å². The van der Waals surface area contributed by atoms with Gasteiger partial charge < -0.3 is 18.9 Å². The number of likely N-dealkylation sites (tertiary alicyclic amines) is 1. The van der Waals surface area contributed by atoms with Crippen LogP contribution in [0.4, 0.5) is 5.69 Å². The van der Waals surface area contributed by atoms with Crippen molar-refractivity contribution in [3.63, 3.8) is 0 Å². The highest BCUT2D eigenvalue weighted by molar-refractivity contribution is 6.18. The molecule has 1 aromatic heterocycles. The number of carbonyl (C=O) groups is 1. The smallest absolute Gasteiger partial charge is 0.261 e. The molecule has 6 heteroatoms.